The fraction of sp³-hybridized carbons (Fsp3) is 0.680. The first-order chi connectivity index (χ1) is 15.1. The number of aliphatic hydroxyl groups excluding tert-OH is 1. The predicted molar refractivity (Wildman–Crippen MR) is 115 cm³/mol. The number of cyclic esters (lactones) is 1. The van der Waals surface area contributed by atoms with E-state index in [0.29, 0.717) is 24.8 Å². The van der Waals surface area contributed by atoms with Crippen LogP contribution in [0.15, 0.2) is 34.7 Å². The molecule has 8 atom stereocenters. The van der Waals surface area contributed by atoms with Crippen LogP contribution in [0.5, 0.6) is 0 Å². The molecule has 1 aromatic heterocycles. The SMILES string of the molecule is C/C=C(/C)C(=O)O[C@H](C[C@@H](C)[C@H]1C[C@H](c2ccoc2)OC1=O)[C@@]1(C)[C@@H](O)CC[C@H]2O[C@]21C. The van der Waals surface area contributed by atoms with Crippen LogP contribution in [0.4, 0.5) is 0 Å². The molecule has 3 heterocycles. The molecule has 4 rings (SSSR count). The van der Waals surface area contributed by atoms with Gasteiger partial charge in [0.2, 0.25) is 0 Å². The molecule has 0 unspecified atom stereocenters. The molecule has 2 saturated heterocycles. The molecule has 1 aromatic rings. The van der Waals surface area contributed by atoms with Crippen LogP contribution in [0.2, 0.25) is 0 Å². The van der Waals surface area contributed by atoms with Crippen molar-refractivity contribution in [2.45, 2.75) is 90.3 Å². The van der Waals surface area contributed by atoms with Crippen molar-refractivity contribution in [3.05, 3.63) is 35.8 Å². The summed E-state index contributed by atoms with van der Waals surface area (Å²) < 4.78 is 22.8. The van der Waals surface area contributed by atoms with Crippen LogP contribution in [-0.2, 0) is 23.8 Å². The fourth-order valence-electron chi connectivity index (χ4n) is 5.53. The Morgan fingerprint density at radius 1 is 1.38 bits per heavy atom. The van der Waals surface area contributed by atoms with Gasteiger partial charge in [-0.3, -0.25) is 4.79 Å². The maximum atomic E-state index is 12.8. The summed E-state index contributed by atoms with van der Waals surface area (Å²) in [7, 11) is 0. The van der Waals surface area contributed by atoms with Crippen molar-refractivity contribution in [1.82, 2.24) is 0 Å². The van der Waals surface area contributed by atoms with Crippen molar-refractivity contribution in [2.24, 2.45) is 17.3 Å². The number of allylic oxidation sites excluding steroid dienone is 1. The fourth-order valence-corrected chi connectivity index (χ4v) is 5.53. The van der Waals surface area contributed by atoms with Gasteiger partial charge in [-0.2, -0.15) is 0 Å². The van der Waals surface area contributed by atoms with Crippen molar-refractivity contribution in [2.75, 3.05) is 0 Å². The van der Waals surface area contributed by atoms with Gasteiger partial charge < -0.3 is 23.7 Å². The van der Waals surface area contributed by atoms with Crippen LogP contribution in [0.25, 0.3) is 0 Å². The molecule has 0 spiro atoms. The molecule has 0 radical (unpaired) electrons. The summed E-state index contributed by atoms with van der Waals surface area (Å²) in [6.07, 6.45) is 5.68. The predicted octanol–water partition coefficient (Wildman–Crippen LogP) is 4.11. The summed E-state index contributed by atoms with van der Waals surface area (Å²) in [5.74, 6) is -1.10. The van der Waals surface area contributed by atoms with Crippen molar-refractivity contribution in [3.8, 4) is 0 Å². The summed E-state index contributed by atoms with van der Waals surface area (Å²) in [5, 5.41) is 11.1. The Bertz CT molecular complexity index is 890. The first-order valence-corrected chi connectivity index (χ1v) is 11.5. The van der Waals surface area contributed by atoms with E-state index in [-0.39, 0.29) is 30.0 Å². The third-order valence-corrected chi connectivity index (χ3v) is 8.30. The Hall–Kier alpha value is -2.12. The van der Waals surface area contributed by atoms with E-state index >= 15 is 0 Å². The number of carbonyl (C=O) groups is 2. The molecular weight excluding hydrogens is 412 g/mol. The molecule has 7 heteroatoms. The van der Waals surface area contributed by atoms with Gasteiger partial charge >= 0.3 is 11.9 Å². The Morgan fingerprint density at radius 2 is 2.12 bits per heavy atom. The van der Waals surface area contributed by atoms with Crippen molar-refractivity contribution >= 4 is 11.9 Å². The number of ether oxygens (including phenoxy) is 3. The van der Waals surface area contributed by atoms with E-state index in [1.807, 2.05) is 20.8 Å². The smallest absolute Gasteiger partial charge is 0.333 e. The van der Waals surface area contributed by atoms with Gasteiger partial charge in [0.15, 0.2) is 0 Å². The minimum atomic E-state index is -0.777. The molecule has 1 aliphatic carbocycles. The zero-order chi connectivity index (χ0) is 23.3. The molecule has 1 saturated carbocycles. The molecule has 1 N–H and O–H groups in total. The topological polar surface area (TPSA) is 98.5 Å². The molecule has 0 bridgehead atoms. The number of esters is 2. The molecule has 3 aliphatic rings. The van der Waals surface area contributed by atoms with Crippen molar-refractivity contribution < 1.29 is 33.3 Å². The Labute approximate surface area is 189 Å². The van der Waals surface area contributed by atoms with E-state index in [4.69, 9.17) is 18.6 Å². The summed E-state index contributed by atoms with van der Waals surface area (Å²) in [6, 6.07) is 1.81. The van der Waals surface area contributed by atoms with Crippen LogP contribution in [0.3, 0.4) is 0 Å². The minimum Gasteiger partial charge on any atom is -0.472 e. The Kier molecular flexibility index (Phi) is 6.01. The van der Waals surface area contributed by atoms with Gasteiger partial charge in [0.1, 0.15) is 17.8 Å². The van der Waals surface area contributed by atoms with Crippen molar-refractivity contribution in [1.29, 1.82) is 0 Å². The Balaban J connectivity index is 1.56. The summed E-state index contributed by atoms with van der Waals surface area (Å²) >= 11 is 0. The highest BCUT2D eigenvalue weighted by atomic mass is 16.6. The monoisotopic (exact) mass is 446 g/mol. The lowest BCUT2D eigenvalue weighted by atomic mass is 9.61. The summed E-state index contributed by atoms with van der Waals surface area (Å²) in [6.45, 7) is 9.43. The maximum absolute atomic E-state index is 12.8. The quantitative estimate of drug-likeness (QED) is 0.382. The Morgan fingerprint density at radius 3 is 2.78 bits per heavy atom. The van der Waals surface area contributed by atoms with E-state index in [2.05, 4.69) is 0 Å². The third-order valence-electron chi connectivity index (χ3n) is 8.30. The van der Waals surface area contributed by atoms with Crippen LogP contribution < -0.4 is 0 Å². The van der Waals surface area contributed by atoms with E-state index in [1.165, 1.54) is 0 Å². The molecule has 2 aliphatic heterocycles. The van der Waals surface area contributed by atoms with E-state index in [9.17, 15) is 14.7 Å². The number of aliphatic hydroxyl groups is 1. The molecule has 0 aromatic carbocycles. The van der Waals surface area contributed by atoms with Gasteiger partial charge in [0, 0.05) is 17.6 Å². The van der Waals surface area contributed by atoms with Crippen molar-refractivity contribution in [3.63, 3.8) is 0 Å². The number of furan rings is 1. The van der Waals surface area contributed by atoms with Crippen LogP contribution in [-0.4, -0.2) is 41.0 Å². The lowest BCUT2D eigenvalue weighted by Crippen LogP contribution is -2.57. The van der Waals surface area contributed by atoms with Gasteiger partial charge in [-0.1, -0.05) is 19.9 Å². The molecule has 0 amide bonds. The second-order valence-electron chi connectivity index (χ2n) is 9.99. The number of hydrogen-bond acceptors (Lipinski definition) is 7. The largest absolute Gasteiger partial charge is 0.472 e. The average molecular weight is 447 g/mol. The van der Waals surface area contributed by atoms with Gasteiger partial charge in [0.25, 0.3) is 0 Å². The molecule has 3 fully saturated rings. The normalized spacial score (nSPS) is 38.6. The zero-order valence-electron chi connectivity index (χ0n) is 19.5. The van der Waals surface area contributed by atoms with E-state index in [1.54, 1.807) is 38.5 Å². The number of rotatable bonds is 7. The average Bonchev–Trinajstić information content (AvgIpc) is 3.12. The second-order valence-corrected chi connectivity index (χ2v) is 9.99. The minimum absolute atomic E-state index is 0.0529. The van der Waals surface area contributed by atoms with Gasteiger partial charge in [-0.15, -0.1) is 0 Å². The second kappa shape index (κ2) is 8.34. The highest BCUT2D eigenvalue weighted by Gasteiger charge is 2.71. The zero-order valence-corrected chi connectivity index (χ0v) is 19.5. The van der Waals surface area contributed by atoms with E-state index in [0.717, 1.165) is 12.0 Å². The maximum Gasteiger partial charge on any atom is 0.333 e. The molecule has 32 heavy (non-hydrogen) atoms. The molecule has 176 valence electrons. The lowest BCUT2D eigenvalue weighted by molar-refractivity contribution is -0.170. The first kappa shape index (κ1) is 23.1. The van der Waals surface area contributed by atoms with Crippen LogP contribution >= 0.6 is 0 Å². The summed E-state index contributed by atoms with van der Waals surface area (Å²) in [4.78, 5) is 25.5. The third kappa shape index (κ3) is 3.69. The number of fused-ring (bicyclic) bond motifs is 1. The number of carbonyl (C=O) groups excluding carboxylic acids is 2. The van der Waals surface area contributed by atoms with E-state index < -0.39 is 29.2 Å². The standard InChI is InChI=1S/C25H34O7/c1-6-14(2)22(27)31-21(24(4)19(26)7-8-20-25(24,5)32-20)11-15(3)17-12-18(30-23(17)28)16-9-10-29-13-16/h6,9-10,13,15,17-21,26H,7-8,11-12H2,1-5H3/b14-6-/t15-,17-,18-,19+,20-,21-,24-,25-/m1/s1. The van der Waals surface area contributed by atoms with Crippen LogP contribution in [0, 0.1) is 17.3 Å². The lowest BCUT2D eigenvalue weighted by Gasteiger charge is -2.47. The first-order valence-electron chi connectivity index (χ1n) is 11.5. The number of epoxide rings is 1. The van der Waals surface area contributed by atoms with Gasteiger partial charge in [-0.05, 0) is 52.0 Å². The molecular formula is C25H34O7. The van der Waals surface area contributed by atoms with Gasteiger partial charge in [0.05, 0.1) is 36.1 Å². The number of hydrogen-bond donors (Lipinski definition) is 1. The summed E-state index contributed by atoms with van der Waals surface area (Å²) in [5.41, 5.74) is 0.0149. The molecule has 7 nitrogen and oxygen atoms in total. The van der Waals surface area contributed by atoms with Gasteiger partial charge in [-0.25, -0.2) is 4.79 Å². The highest BCUT2D eigenvalue weighted by Crippen LogP contribution is 2.61. The highest BCUT2D eigenvalue weighted by molar-refractivity contribution is 5.87. The van der Waals surface area contributed by atoms with Crippen LogP contribution in [0.1, 0.15) is 72.0 Å².